The van der Waals surface area contributed by atoms with Crippen LogP contribution < -0.4 is 14.2 Å². The van der Waals surface area contributed by atoms with Crippen LogP contribution in [0.1, 0.15) is 30.7 Å². The summed E-state index contributed by atoms with van der Waals surface area (Å²) in [5.74, 6) is 3.08. The molecule has 0 aliphatic carbocycles. The van der Waals surface area contributed by atoms with Gasteiger partial charge >= 0.3 is 0 Å². The van der Waals surface area contributed by atoms with Crippen LogP contribution in [0.25, 0.3) is 23.5 Å². The smallest absolute Gasteiger partial charge is 0.203 e. The van der Waals surface area contributed by atoms with Crippen molar-refractivity contribution >= 4 is 12.2 Å². The van der Waals surface area contributed by atoms with Gasteiger partial charge in [0.15, 0.2) is 23.1 Å². The Balaban J connectivity index is 1.67. The number of para-hydroxylation sites is 1. The number of benzene rings is 2. The zero-order chi connectivity index (χ0) is 23.2. The van der Waals surface area contributed by atoms with E-state index in [1.807, 2.05) is 41.1 Å². The molecule has 8 heteroatoms. The number of methoxy groups -OCH3 is 3. The molecule has 1 aliphatic heterocycles. The number of rotatable bonds is 8. The van der Waals surface area contributed by atoms with Crippen molar-refractivity contribution in [3.05, 3.63) is 47.8 Å². The van der Waals surface area contributed by atoms with Crippen molar-refractivity contribution in [2.75, 3.05) is 34.4 Å². The average molecular weight is 451 g/mol. The Morgan fingerprint density at radius 2 is 1.64 bits per heavy atom. The van der Waals surface area contributed by atoms with Crippen LogP contribution in [0.2, 0.25) is 0 Å². The third-order valence-corrected chi connectivity index (χ3v) is 5.73. The van der Waals surface area contributed by atoms with Crippen LogP contribution in [0.4, 0.5) is 0 Å². The summed E-state index contributed by atoms with van der Waals surface area (Å²) in [6.07, 6.45) is 7.39. The van der Waals surface area contributed by atoms with Crippen molar-refractivity contribution < 1.29 is 19.3 Å². The number of phenolic OH excluding ortho intramolecular Hbond substituents is 1. The van der Waals surface area contributed by atoms with Crippen molar-refractivity contribution in [1.29, 1.82) is 0 Å². The molecule has 1 aliphatic rings. The molecule has 0 bridgehead atoms. The molecule has 0 atom stereocenters. The standard InChI is InChI=1S/C25H30N4O4/c1-31-21-15-18(16-22(32-2)24(21)33-3)11-12-23-26-25(19-9-5-6-10-20(19)30)29(27-23)17-28-13-7-4-8-14-28/h5-6,9-12,15-16,30H,4,7-8,13-14,17H2,1-3H3/b12-11+. The Morgan fingerprint density at radius 1 is 0.939 bits per heavy atom. The predicted molar refractivity (Wildman–Crippen MR) is 128 cm³/mol. The highest BCUT2D eigenvalue weighted by atomic mass is 16.5. The SMILES string of the molecule is COc1cc(/C=C/c2nc(-c3ccccc3O)n(CN3CCCCC3)n2)cc(OC)c1OC. The molecule has 174 valence electrons. The van der Waals surface area contributed by atoms with Crippen molar-refractivity contribution in [2.45, 2.75) is 25.9 Å². The first-order valence-electron chi connectivity index (χ1n) is 11.1. The summed E-state index contributed by atoms with van der Waals surface area (Å²) >= 11 is 0. The molecule has 0 radical (unpaired) electrons. The fourth-order valence-corrected chi connectivity index (χ4v) is 4.05. The third-order valence-electron chi connectivity index (χ3n) is 5.73. The molecule has 33 heavy (non-hydrogen) atoms. The summed E-state index contributed by atoms with van der Waals surface area (Å²) < 4.78 is 18.2. The van der Waals surface area contributed by atoms with Gasteiger partial charge in [-0.05, 0) is 61.8 Å². The van der Waals surface area contributed by atoms with Crippen LogP contribution in [0.5, 0.6) is 23.0 Å². The molecule has 1 saturated heterocycles. The van der Waals surface area contributed by atoms with Crippen molar-refractivity contribution in [2.24, 2.45) is 0 Å². The molecule has 2 heterocycles. The molecule has 1 aromatic heterocycles. The Morgan fingerprint density at radius 3 is 2.27 bits per heavy atom. The van der Waals surface area contributed by atoms with Gasteiger partial charge in [0.2, 0.25) is 5.75 Å². The summed E-state index contributed by atoms with van der Waals surface area (Å²) in [6.45, 7) is 2.71. The predicted octanol–water partition coefficient (Wildman–Crippen LogP) is 4.29. The number of aromatic hydroxyl groups is 1. The number of hydrogen-bond donors (Lipinski definition) is 1. The second-order valence-corrected chi connectivity index (χ2v) is 7.92. The monoisotopic (exact) mass is 450 g/mol. The quantitative estimate of drug-likeness (QED) is 0.548. The van der Waals surface area contributed by atoms with E-state index in [1.54, 1.807) is 33.5 Å². The number of aromatic nitrogens is 3. The van der Waals surface area contributed by atoms with E-state index in [2.05, 4.69) is 4.90 Å². The van der Waals surface area contributed by atoms with Gasteiger partial charge < -0.3 is 19.3 Å². The molecule has 0 amide bonds. The Labute approximate surface area is 194 Å². The summed E-state index contributed by atoms with van der Waals surface area (Å²) in [5, 5.41) is 15.2. The lowest BCUT2D eigenvalue weighted by Crippen LogP contribution is -2.32. The molecule has 1 N–H and O–H groups in total. The highest BCUT2D eigenvalue weighted by Crippen LogP contribution is 2.38. The first-order chi connectivity index (χ1) is 16.1. The fourth-order valence-electron chi connectivity index (χ4n) is 4.05. The Bertz CT molecular complexity index is 1090. The van der Waals surface area contributed by atoms with Gasteiger partial charge in [0.25, 0.3) is 0 Å². The number of piperidine rings is 1. The van der Waals surface area contributed by atoms with E-state index in [1.165, 1.54) is 19.3 Å². The Kier molecular flexibility index (Phi) is 7.14. The topological polar surface area (TPSA) is 81.9 Å². The lowest BCUT2D eigenvalue weighted by atomic mass is 10.1. The largest absolute Gasteiger partial charge is 0.507 e. The number of ether oxygens (including phenoxy) is 3. The van der Waals surface area contributed by atoms with Crippen LogP contribution in [-0.4, -0.2) is 59.2 Å². The minimum atomic E-state index is 0.185. The first kappa shape index (κ1) is 22.7. The van der Waals surface area contributed by atoms with Gasteiger partial charge in [0, 0.05) is 0 Å². The third kappa shape index (κ3) is 5.12. The molecule has 3 aromatic rings. The molecule has 8 nitrogen and oxygen atoms in total. The van der Waals surface area contributed by atoms with Gasteiger partial charge in [0.05, 0.1) is 33.6 Å². The minimum Gasteiger partial charge on any atom is -0.507 e. The van der Waals surface area contributed by atoms with Crippen LogP contribution in [0.15, 0.2) is 36.4 Å². The second kappa shape index (κ2) is 10.4. The first-order valence-corrected chi connectivity index (χ1v) is 11.1. The zero-order valence-electron chi connectivity index (χ0n) is 19.3. The van der Waals surface area contributed by atoms with E-state index in [0.29, 0.717) is 41.1 Å². The normalized spacial score (nSPS) is 14.5. The molecule has 0 saturated carbocycles. The maximum Gasteiger partial charge on any atom is 0.203 e. The molecule has 0 unspecified atom stereocenters. The van der Waals surface area contributed by atoms with Crippen LogP contribution in [0, 0.1) is 0 Å². The molecular formula is C25H30N4O4. The highest BCUT2D eigenvalue weighted by molar-refractivity contribution is 5.72. The summed E-state index contributed by atoms with van der Waals surface area (Å²) in [5.41, 5.74) is 1.52. The van der Waals surface area contributed by atoms with E-state index >= 15 is 0 Å². The van der Waals surface area contributed by atoms with E-state index in [4.69, 9.17) is 24.3 Å². The Hall–Kier alpha value is -3.52. The van der Waals surface area contributed by atoms with Crippen molar-refractivity contribution in [3.63, 3.8) is 0 Å². The van der Waals surface area contributed by atoms with Gasteiger partial charge in [0.1, 0.15) is 5.75 Å². The molecule has 2 aromatic carbocycles. The van der Waals surface area contributed by atoms with Crippen molar-refractivity contribution in [1.82, 2.24) is 19.7 Å². The number of phenols is 1. The van der Waals surface area contributed by atoms with Gasteiger partial charge in [-0.3, -0.25) is 4.90 Å². The maximum absolute atomic E-state index is 10.4. The highest BCUT2D eigenvalue weighted by Gasteiger charge is 2.18. The zero-order valence-corrected chi connectivity index (χ0v) is 19.3. The maximum atomic E-state index is 10.4. The summed E-state index contributed by atoms with van der Waals surface area (Å²) in [4.78, 5) is 7.10. The van der Waals surface area contributed by atoms with E-state index in [9.17, 15) is 5.11 Å². The number of hydrogen-bond acceptors (Lipinski definition) is 7. The van der Waals surface area contributed by atoms with Crippen molar-refractivity contribution in [3.8, 4) is 34.4 Å². The summed E-state index contributed by atoms with van der Waals surface area (Å²) in [7, 11) is 4.76. The molecule has 1 fully saturated rings. The van der Waals surface area contributed by atoms with Gasteiger partial charge in [-0.2, -0.15) is 0 Å². The van der Waals surface area contributed by atoms with Crippen LogP contribution in [-0.2, 0) is 6.67 Å². The molecule has 4 rings (SSSR count). The number of nitrogens with zero attached hydrogens (tertiary/aromatic N) is 4. The second-order valence-electron chi connectivity index (χ2n) is 7.92. The van der Waals surface area contributed by atoms with Gasteiger partial charge in [-0.15, -0.1) is 5.10 Å². The fraction of sp³-hybridized carbons (Fsp3) is 0.360. The lowest BCUT2D eigenvalue weighted by molar-refractivity contribution is 0.174. The minimum absolute atomic E-state index is 0.185. The molecular weight excluding hydrogens is 420 g/mol. The van der Waals surface area contributed by atoms with Gasteiger partial charge in [-0.25, -0.2) is 9.67 Å². The van der Waals surface area contributed by atoms with Crippen LogP contribution in [0.3, 0.4) is 0 Å². The van der Waals surface area contributed by atoms with Crippen LogP contribution >= 0.6 is 0 Å². The molecule has 0 spiro atoms. The van der Waals surface area contributed by atoms with Gasteiger partial charge in [-0.1, -0.05) is 24.6 Å². The average Bonchev–Trinajstić information content (AvgIpc) is 3.25. The van der Waals surface area contributed by atoms with E-state index in [0.717, 1.165) is 18.7 Å². The van der Waals surface area contributed by atoms with E-state index in [-0.39, 0.29) is 5.75 Å². The number of likely N-dealkylation sites (tertiary alicyclic amines) is 1. The lowest BCUT2D eigenvalue weighted by Gasteiger charge is -2.26. The van der Waals surface area contributed by atoms with E-state index < -0.39 is 0 Å². The summed E-state index contributed by atoms with van der Waals surface area (Å²) in [6, 6.07) is 11.0.